The number of benzene rings is 2. The molecular formula is C16H12BrF2NO4. The first-order chi connectivity index (χ1) is 11.4. The van der Waals surface area contributed by atoms with Gasteiger partial charge in [0.05, 0.1) is 22.8 Å². The fourth-order valence-electron chi connectivity index (χ4n) is 1.79. The van der Waals surface area contributed by atoms with Gasteiger partial charge in [0.2, 0.25) is 0 Å². The molecule has 0 spiro atoms. The minimum Gasteiger partial charge on any atom is -0.483 e. The van der Waals surface area contributed by atoms with Crippen molar-refractivity contribution in [1.29, 1.82) is 0 Å². The molecule has 0 unspecified atom stereocenters. The molecule has 0 atom stereocenters. The lowest BCUT2D eigenvalue weighted by Gasteiger charge is -2.10. The highest BCUT2D eigenvalue weighted by Crippen LogP contribution is 2.26. The molecule has 5 nitrogen and oxygen atoms in total. The number of hydrogen-bond acceptors (Lipinski definition) is 4. The van der Waals surface area contributed by atoms with Gasteiger partial charge in [-0.3, -0.25) is 4.79 Å². The summed E-state index contributed by atoms with van der Waals surface area (Å²) in [5.74, 6) is -2.30. The smallest absolute Gasteiger partial charge is 0.337 e. The molecule has 8 heteroatoms. The highest BCUT2D eigenvalue weighted by molar-refractivity contribution is 9.10. The van der Waals surface area contributed by atoms with Gasteiger partial charge in [0.25, 0.3) is 5.91 Å². The first-order valence-corrected chi connectivity index (χ1v) is 7.45. The third-order valence-corrected chi connectivity index (χ3v) is 3.53. The average Bonchev–Trinajstić information content (AvgIpc) is 2.56. The number of methoxy groups -OCH3 is 1. The van der Waals surface area contributed by atoms with Crippen molar-refractivity contribution in [1.82, 2.24) is 0 Å². The minimum absolute atomic E-state index is 0.274. The van der Waals surface area contributed by atoms with Crippen LogP contribution in [-0.4, -0.2) is 25.6 Å². The lowest BCUT2D eigenvalue weighted by molar-refractivity contribution is -0.118. The molecule has 1 amide bonds. The molecule has 0 aromatic heterocycles. The summed E-state index contributed by atoms with van der Waals surface area (Å²) >= 11 is 3.21. The van der Waals surface area contributed by atoms with Crippen molar-refractivity contribution in [2.24, 2.45) is 0 Å². The summed E-state index contributed by atoms with van der Waals surface area (Å²) in [4.78, 5) is 23.2. The molecular weight excluding hydrogens is 388 g/mol. The van der Waals surface area contributed by atoms with Crippen LogP contribution in [0.2, 0.25) is 0 Å². The van der Waals surface area contributed by atoms with Crippen molar-refractivity contribution in [2.75, 3.05) is 19.0 Å². The van der Waals surface area contributed by atoms with E-state index in [1.54, 1.807) is 0 Å². The third-order valence-electron chi connectivity index (χ3n) is 2.91. The van der Waals surface area contributed by atoms with Crippen molar-refractivity contribution in [3.05, 3.63) is 58.1 Å². The van der Waals surface area contributed by atoms with E-state index in [2.05, 4.69) is 26.0 Å². The summed E-state index contributed by atoms with van der Waals surface area (Å²) in [6.07, 6.45) is 0. The van der Waals surface area contributed by atoms with Crippen LogP contribution in [-0.2, 0) is 9.53 Å². The first-order valence-electron chi connectivity index (χ1n) is 6.66. The monoisotopic (exact) mass is 399 g/mol. The summed E-state index contributed by atoms with van der Waals surface area (Å²) in [7, 11) is 1.26. The van der Waals surface area contributed by atoms with Gasteiger partial charge in [0.15, 0.2) is 6.61 Å². The molecule has 2 rings (SSSR count). The molecule has 0 heterocycles. The molecule has 0 bridgehead atoms. The van der Waals surface area contributed by atoms with E-state index in [4.69, 9.17) is 4.74 Å². The number of carbonyl (C=O) groups excluding carboxylic acids is 2. The van der Waals surface area contributed by atoms with Gasteiger partial charge in [-0.25, -0.2) is 13.6 Å². The van der Waals surface area contributed by atoms with Gasteiger partial charge in [0.1, 0.15) is 17.4 Å². The Morgan fingerprint density at radius 3 is 2.58 bits per heavy atom. The summed E-state index contributed by atoms with van der Waals surface area (Å²) in [5.41, 5.74) is 0.0340. The normalized spacial score (nSPS) is 10.2. The van der Waals surface area contributed by atoms with Gasteiger partial charge in [-0.05, 0) is 46.3 Å². The molecule has 0 saturated carbocycles. The fourth-order valence-corrected chi connectivity index (χ4v) is 2.28. The third kappa shape index (κ3) is 4.51. The zero-order chi connectivity index (χ0) is 17.7. The summed E-state index contributed by atoms with van der Waals surface area (Å²) in [6.45, 7) is -0.424. The van der Waals surface area contributed by atoms with E-state index in [9.17, 15) is 18.4 Å². The number of hydrogen-bond donors (Lipinski definition) is 1. The van der Waals surface area contributed by atoms with E-state index in [1.807, 2.05) is 0 Å². The van der Waals surface area contributed by atoms with Crippen LogP contribution in [0.1, 0.15) is 10.4 Å². The maximum absolute atomic E-state index is 13.4. The molecule has 0 fully saturated rings. The Labute approximate surface area is 144 Å². The van der Waals surface area contributed by atoms with Crippen LogP contribution in [0.15, 0.2) is 40.9 Å². The second-order valence-corrected chi connectivity index (χ2v) is 5.45. The van der Waals surface area contributed by atoms with Crippen molar-refractivity contribution >= 4 is 33.5 Å². The van der Waals surface area contributed by atoms with E-state index < -0.39 is 30.1 Å². The van der Waals surface area contributed by atoms with Crippen molar-refractivity contribution < 1.29 is 27.8 Å². The zero-order valence-corrected chi connectivity index (χ0v) is 14.0. The Kier molecular flexibility index (Phi) is 5.86. The predicted octanol–water partition coefficient (Wildman–Crippen LogP) is 3.53. The quantitative estimate of drug-likeness (QED) is 0.781. The molecule has 0 radical (unpaired) electrons. The Hall–Kier alpha value is -2.48. The standard InChI is InChI=1S/C16H12BrF2NO4/c1-23-16(22)9-2-5-14(11(17)6-9)24-8-15(21)20-13-7-10(18)3-4-12(13)19/h2-7H,8H2,1H3,(H,20,21). The van der Waals surface area contributed by atoms with Crippen LogP contribution in [0.4, 0.5) is 14.5 Å². The van der Waals surface area contributed by atoms with Crippen LogP contribution in [0.3, 0.4) is 0 Å². The average molecular weight is 400 g/mol. The molecule has 1 N–H and O–H groups in total. The van der Waals surface area contributed by atoms with Gasteiger partial charge < -0.3 is 14.8 Å². The molecule has 24 heavy (non-hydrogen) atoms. The Morgan fingerprint density at radius 1 is 1.17 bits per heavy atom. The highest BCUT2D eigenvalue weighted by Gasteiger charge is 2.12. The van der Waals surface area contributed by atoms with Gasteiger partial charge in [-0.1, -0.05) is 0 Å². The van der Waals surface area contributed by atoms with Crippen LogP contribution >= 0.6 is 15.9 Å². The number of ether oxygens (including phenoxy) is 2. The molecule has 2 aromatic carbocycles. The number of halogens is 3. The number of amides is 1. The molecule has 0 aliphatic carbocycles. The van der Waals surface area contributed by atoms with Gasteiger partial charge in [0, 0.05) is 6.07 Å². The summed E-state index contributed by atoms with van der Waals surface area (Å²) < 4.78 is 36.8. The number of nitrogens with one attached hydrogen (secondary N) is 1. The lowest BCUT2D eigenvalue weighted by atomic mass is 10.2. The molecule has 126 valence electrons. The zero-order valence-electron chi connectivity index (χ0n) is 12.4. The van der Waals surface area contributed by atoms with E-state index in [1.165, 1.54) is 25.3 Å². The second kappa shape index (κ2) is 7.87. The predicted molar refractivity (Wildman–Crippen MR) is 86.0 cm³/mol. The number of rotatable bonds is 5. The van der Waals surface area contributed by atoms with Crippen molar-refractivity contribution in [3.63, 3.8) is 0 Å². The maximum atomic E-state index is 13.4. The van der Waals surface area contributed by atoms with Crippen molar-refractivity contribution in [2.45, 2.75) is 0 Å². The topological polar surface area (TPSA) is 64.6 Å². The first kappa shape index (κ1) is 17.9. The Bertz CT molecular complexity index is 783. The highest BCUT2D eigenvalue weighted by atomic mass is 79.9. The number of anilines is 1. The molecule has 0 aliphatic heterocycles. The fraction of sp³-hybridized carbons (Fsp3) is 0.125. The van der Waals surface area contributed by atoms with Crippen LogP contribution in [0.25, 0.3) is 0 Å². The van der Waals surface area contributed by atoms with Gasteiger partial charge in [-0.15, -0.1) is 0 Å². The van der Waals surface area contributed by atoms with Crippen LogP contribution in [0, 0.1) is 11.6 Å². The molecule has 0 saturated heterocycles. The lowest BCUT2D eigenvalue weighted by Crippen LogP contribution is -2.21. The summed E-state index contributed by atoms with van der Waals surface area (Å²) in [5, 5.41) is 2.21. The largest absolute Gasteiger partial charge is 0.483 e. The minimum atomic E-state index is -0.756. The van der Waals surface area contributed by atoms with Gasteiger partial charge >= 0.3 is 5.97 Å². The Balaban J connectivity index is 1.99. The van der Waals surface area contributed by atoms with E-state index >= 15 is 0 Å². The number of carbonyl (C=O) groups is 2. The van der Waals surface area contributed by atoms with Gasteiger partial charge in [-0.2, -0.15) is 0 Å². The SMILES string of the molecule is COC(=O)c1ccc(OCC(=O)Nc2cc(F)ccc2F)c(Br)c1. The Morgan fingerprint density at radius 2 is 1.92 bits per heavy atom. The van der Waals surface area contributed by atoms with E-state index in [0.717, 1.165) is 18.2 Å². The second-order valence-electron chi connectivity index (χ2n) is 4.60. The van der Waals surface area contributed by atoms with E-state index in [0.29, 0.717) is 15.8 Å². The molecule has 0 aliphatic rings. The number of esters is 1. The summed E-state index contributed by atoms with van der Waals surface area (Å²) in [6, 6.07) is 7.15. The van der Waals surface area contributed by atoms with Crippen molar-refractivity contribution in [3.8, 4) is 5.75 Å². The van der Waals surface area contributed by atoms with Crippen LogP contribution in [0.5, 0.6) is 5.75 Å². The van der Waals surface area contributed by atoms with E-state index in [-0.39, 0.29) is 5.69 Å². The maximum Gasteiger partial charge on any atom is 0.337 e. The van der Waals surface area contributed by atoms with Crippen LogP contribution < -0.4 is 10.1 Å². The molecule has 2 aromatic rings.